The maximum atomic E-state index is 2.42. The maximum Gasteiger partial charge on any atom is 0.0782 e. The van der Waals surface area contributed by atoms with Gasteiger partial charge in [0.15, 0.2) is 0 Å². The van der Waals surface area contributed by atoms with Crippen LogP contribution < -0.4 is 0 Å². The number of quaternary nitrogens is 1. The Morgan fingerprint density at radius 1 is 0.462 bits per heavy atom. The molecule has 0 N–H and O–H groups in total. The molecular formula is C24H54NSi+. The highest BCUT2D eigenvalue weighted by Gasteiger charge is 2.12. The summed E-state index contributed by atoms with van der Waals surface area (Å²) < 4.78 is 1.25. The predicted octanol–water partition coefficient (Wildman–Crippen LogP) is 6.89. The SMILES string of the molecule is CCCCCCCCCCCCCCCCCCC[N+](C)(C)CCC[SiH3]. The van der Waals surface area contributed by atoms with Crippen LogP contribution in [-0.2, 0) is 0 Å². The lowest BCUT2D eigenvalue weighted by molar-refractivity contribution is -0.890. The van der Waals surface area contributed by atoms with E-state index in [0.717, 1.165) is 0 Å². The molecule has 0 fully saturated rings. The summed E-state index contributed by atoms with van der Waals surface area (Å²) in [6, 6.07) is 1.47. The third-order valence-corrected chi connectivity index (χ3v) is 6.69. The first kappa shape index (κ1) is 26.2. The van der Waals surface area contributed by atoms with Gasteiger partial charge in [-0.1, -0.05) is 109 Å². The van der Waals surface area contributed by atoms with Crippen LogP contribution in [0.15, 0.2) is 0 Å². The Morgan fingerprint density at radius 2 is 0.769 bits per heavy atom. The van der Waals surface area contributed by atoms with Gasteiger partial charge < -0.3 is 4.48 Å². The van der Waals surface area contributed by atoms with Crippen LogP contribution >= 0.6 is 0 Å². The van der Waals surface area contributed by atoms with Crippen molar-refractivity contribution < 1.29 is 4.48 Å². The largest absolute Gasteiger partial charge is 0.328 e. The van der Waals surface area contributed by atoms with E-state index in [-0.39, 0.29) is 0 Å². The molecular weight excluding hydrogens is 330 g/mol. The van der Waals surface area contributed by atoms with Gasteiger partial charge in [0.2, 0.25) is 0 Å². The molecule has 0 amide bonds. The van der Waals surface area contributed by atoms with E-state index >= 15 is 0 Å². The number of hydrogen-bond donors (Lipinski definition) is 0. The molecule has 0 aliphatic heterocycles. The zero-order chi connectivity index (χ0) is 19.3. The van der Waals surface area contributed by atoms with Crippen molar-refractivity contribution in [3.05, 3.63) is 0 Å². The predicted molar refractivity (Wildman–Crippen MR) is 125 cm³/mol. The molecule has 2 heteroatoms. The molecule has 26 heavy (non-hydrogen) atoms. The third-order valence-electron chi connectivity index (χ3n) is 5.98. The fourth-order valence-corrected chi connectivity index (χ4v) is 4.28. The topological polar surface area (TPSA) is 0 Å². The van der Waals surface area contributed by atoms with Gasteiger partial charge in [0.25, 0.3) is 0 Å². The van der Waals surface area contributed by atoms with E-state index < -0.39 is 0 Å². The molecule has 0 unspecified atom stereocenters. The average Bonchev–Trinajstić information content (AvgIpc) is 2.62. The van der Waals surface area contributed by atoms with Gasteiger partial charge in [-0.15, -0.1) is 0 Å². The number of hydrogen-bond acceptors (Lipinski definition) is 0. The van der Waals surface area contributed by atoms with Crippen molar-refractivity contribution in [2.75, 3.05) is 27.2 Å². The molecule has 0 spiro atoms. The number of rotatable bonds is 21. The molecule has 0 heterocycles. The highest BCUT2D eigenvalue weighted by atomic mass is 28.1. The molecule has 0 aromatic carbocycles. The molecule has 0 saturated carbocycles. The van der Waals surface area contributed by atoms with E-state index in [2.05, 4.69) is 21.0 Å². The van der Waals surface area contributed by atoms with E-state index in [1.54, 1.807) is 0 Å². The zero-order valence-electron chi connectivity index (χ0n) is 19.3. The van der Waals surface area contributed by atoms with Crippen molar-refractivity contribution in [3.8, 4) is 0 Å². The Morgan fingerprint density at radius 3 is 1.12 bits per heavy atom. The van der Waals surface area contributed by atoms with Gasteiger partial charge in [-0.25, -0.2) is 0 Å². The van der Waals surface area contributed by atoms with Crippen molar-refractivity contribution >= 4 is 10.2 Å². The van der Waals surface area contributed by atoms with Crippen molar-refractivity contribution in [2.45, 2.75) is 129 Å². The van der Waals surface area contributed by atoms with Gasteiger partial charge in [-0.3, -0.25) is 0 Å². The summed E-state index contributed by atoms with van der Waals surface area (Å²) >= 11 is 0. The smallest absolute Gasteiger partial charge is 0.0782 e. The second-order valence-corrected chi connectivity index (χ2v) is 10.4. The molecule has 0 aliphatic rings. The molecule has 0 aromatic heterocycles. The quantitative estimate of drug-likeness (QED) is 0.115. The Bertz CT molecular complexity index is 265. The van der Waals surface area contributed by atoms with Crippen LogP contribution in [0.5, 0.6) is 0 Å². The minimum Gasteiger partial charge on any atom is -0.328 e. The summed E-state index contributed by atoms with van der Waals surface area (Å²) in [6.07, 6.45) is 26.4. The summed E-state index contributed by atoms with van der Waals surface area (Å²) in [5.41, 5.74) is 0. The molecule has 0 aliphatic carbocycles. The molecule has 0 bridgehead atoms. The molecule has 0 radical (unpaired) electrons. The summed E-state index contributed by atoms with van der Waals surface area (Å²) in [4.78, 5) is 0. The van der Waals surface area contributed by atoms with Crippen LogP contribution in [0.2, 0.25) is 6.04 Å². The van der Waals surface area contributed by atoms with E-state index in [9.17, 15) is 0 Å². The Balaban J connectivity index is 3.13. The van der Waals surface area contributed by atoms with E-state index in [4.69, 9.17) is 0 Å². The minimum absolute atomic E-state index is 1.25. The van der Waals surface area contributed by atoms with Crippen molar-refractivity contribution in [3.63, 3.8) is 0 Å². The van der Waals surface area contributed by atoms with Gasteiger partial charge in [0.1, 0.15) is 0 Å². The van der Waals surface area contributed by atoms with Crippen molar-refractivity contribution in [2.24, 2.45) is 0 Å². The van der Waals surface area contributed by atoms with E-state index in [1.165, 1.54) is 149 Å². The Hall–Kier alpha value is 0.177. The van der Waals surface area contributed by atoms with Crippen molar-refractivity contribution in [1.82, 2.24) is 0 Å². The van der Waals surface area contributed by atoms with Crippen molar-refractivity contribution in [1.29, 1.82) is 0 Å². The average molecular weight is 385 g/mol. The van der Waals surface area contributed by atoms with Gasteiger partial charge in [0, 0.05) is 10.2 Å². The Kier molecular flexibility index (Phi) is 20.1. The highest BCUT2D eigenvalue weighted by molar-refractivity contribution is 6.08. The standard InChI is InChI=1S/C24H54NSi/c1-4-5-6-7-8-9-10-11-12-13-14-15-16-17-18-19-20-22-25(2,3)23-21-24-26/h4-24H2,1-3,26H3/q+1. The first-order valence-electron chi connectivity index (χ1n) is 12.4. The highest BCUT2D eigenvalue weighted by Crippen LogP contribution is 2.14. The lowest BCUT2D eigenvalue weighted by Gasteiger charge is -2.29. The van der Waals surface area contributed by atoms with Crippen LogP contribution in [0.1, 0.15) is 122 Å². The van der Waals surface area contributed by atoms with Crippen LogP contribution in [0.25, 0.3) is 0 Å². The monoisotopic (exact) mass is 384 g/mol. The Labute approximate surface area is 170 Å². The van der Waals surface area contributed by atoms with Crippen LogP contribution in [0.4, 0.5) is 0 Å². The summed E-state index contributed by atoms with van der Waals surface area (Å²) in [6.45, 7) is 5.08. The molecule has 0 saturated heterocycles. The van der Waals surface area contributed by atoms with Crippen LogP contribution in [0.3, 0.4) is 0 Å². The number of unbranched alkanes of at least 4 members (excludes halogenated alkanes) is 16. The number of nitrogens with zero attached hydrogens (tertiary/aromatic N) is 1. The zero-order valence-corrected chi connectivity index (χ0v) is 21.3. The summed E-state index contributed by atoms with van der Waals surface area (Å²) in [5.74, 6) is 0. The van der Waals surface area contributed by atoms with Gasteiger partial charge in [-0.2, -0.15) is 0 Å². The lowest BCUT2D eigenvalue weighted by atomic mass is 10.0. The van der Waals surface area contributed by atoms with Gasteiger partial charge >= 0.3 is 0 Å². The lowest BCUT2D eigenvalue weighted by Crippen LogP contribution is -2.41. The molecule has 0 rings (SSSR count). The van der Waals surface area contributed by atoms with E-state index in [0.29, 0.717) is 0 Å². The van der Waals surface area contributed by atoms with Crippen LogP contribution in [-0.4, -0.2) is 41.9 Å². The van der Waals surface area contributed by atoms with Gasteiger partial charge in [0.05, 0.1) is 27.2 Å². The normalized spacial score (nSPS) is 12.1. The summed E-state index contributed by atoms with van der Waals surface area (Å²) in [5, 5.41) is 0. The molecule has 1 nitrogen and oxygen atoms in total. The molecule has 0 atom stereocenters. The molecule has 158 valence electrons. The van der Waals surface area contributed by atoms with E-state index in [1.807, 2.05) is 0 Å². The fourth-order valence-electron chi connectivity index (χ4n) is 3.96. The van der Waals surface area contributed by atoms with Crippen LogP contribution in [0, 0.1) is 0 Å². The fraction of sp³-hybridized carbons (Fsp3) is 1.00. The first-order valence-corrected chi connectivity index (χ1v) is 13.9. The second-order valence-electron chi connectivity index (χ2n) is 9.39. The maximum absolute atomic E-state index is 2.42. The minimum atomic E-state index is 1.25. The summed E-state index contributed by atoms with van der Waals surface area (Å²) in [7, 11) is 6.22. The third kappa shape index (κ3) is 20.5. The van der Waals surface area contributed by atoms with Gasteiger partial charge in [-0.05, 0) is 19.3 Å². The second kappa shape index (κ2) is 19.9. The first-order chi connectivity index (χ1) is 12.6. The molecule has 0 aromatic rings.